The molecular weight excluding hydrogens is 426 g/mol. The van der Waals surface area contributed by atoms with E-state index in [-0.39, 0.29) is 22.7 Å². The minimum atomic E-state index is -3.79. The molecule has 1 fully saturated rings. The lowest BCUT2D eigenvalue weighted by Gasteiger charge is -2.25. The number of nitrogens with zero attached hydrogens (tertiary/aromatic N) is 2. The largest absolute Gasteiger partial charge is 0.449 e. The van der Waals surface area contributed by atoms with E-state index < -0.39 is 10.0 Å². The molecule has 152 valence electrons. The first-order valence-corrected chi connectivity index (χ1v) is 11.3. The maximum absolute atomic E-state index is 12.6. The van der Waals surface area contributed by atoms with Gasteiger partial charge in [0.2, 0.25) is 0 Å². The number of carbonyl (C=O) groups excluding carboxylic acids is 1. The summed E-state index contributed by atoms with van der Waals surface area (Å²) >= 11 is 7.20. The summed E-state index contributed by atoms with van der Waals surface area (Å²) in [6, 6.07) is 4.71. The maximum Gasteiger partial charge on any atom is 0.409 e. The van der Waals surface area contributed by atoms with Gasteiger partial charge in [-0.25, -0.2) is 18.2 Å². The van der Waals surface area contributed by atoms with Gasteiger partial charge >= 0.3 is 6.09 Å². The van der Waals surface area contributed by atoms with Crippen molar-refractivity contribution in [1.29, 1.82) is 0 Å². The van der Waals surface area contributed by atoms with E-state index in [1.807, 2.05) is 0 Å². The minimum Gasteiger partial charge on any atom is -0.449 e. The van der Waals surface area contributed by atoms with Crippen molar-refractivity contribution in [3.63, 3.8) is 0 Å². The zero-order chi connectivity index (χ0) is 20.1. The lowest BCUT2D eigenvalue weighted by Crippen LogP contribution is -2.41. The topological polar surface area (TPSA) is 97.8 Å². The quantitative estimate of drug-likeness (QED) is 0.734. The van der Waals surface area contributed by atoms with Crippen molar-refractivity contribution in [1.82, 2.24) is 9.88 Å². The molecule has 0 aliphatic carbocycles. The molecule has 0 atom stereocenters. The van der Waals surface area contributed by atoms with E-state index in [0.717, 1.165) is 4.88 Å². The molecule has 1 amide bonds. The third-order valence-electron chi connectivity index (χ3n) is 4.13. The van der Waals surface area contributed by atoms with Crippen LogP contribution in [-0.2, 0) is 25.9 Å². The van der Waals surface area contributed by atoms with Crippen LogP contribution in [0.3, 0.4) is 0 Å². The van der Waals surface area contributed by atoms with Gasteiger partial charge in [-0.1, -0.05) is 17.7 Å². The Morgan fingerprint density at radius 1 is 1.39 bits per heavy atom. The number of sulfonamides is 1. The molecule has 2 aromatic rings. The van der Waals surface area contributed by atoms with E-state index in [4.69, 9.17) is 21.1 Å². The minimum absolute atomic E-state index is 0.108. The predicted octanol–water partition coefficient (Wildman–Crippen LogP) is 2.92. The molecule has 1 aliphatic heterocycles. The van der Waals surface area contributed by atoms with Gasteiger partial charge in [0, 0.05) is 35.6 Å². The number of rotatable bonds is 6. The van der Waals surface area contributed by atoms with Crippen LogP contribution in [0.1, 0.15) is 10.4 Å². The van der Waals surface area contributed by atoms with E-state index in [9.17, 15) is 13.2 Å². The Morgan fingerprint density at radius 3 is 2.89 bits per heavy atom. The fourth-order valence-corrected chi connectivity index (χ4v) is 5.13. The summed E-state index contributed by atoms with van der Waals surface area (Å²) in [5.74, 6) is 0. The molecule has 0 radical (unpaired) electrons. The van der Waals surface area contributed by atoms with E-state index in [2.05, 4.69) is 9.71 Å². The monoisotopic (exact) mass is 445 g/mol. The molecule has 3 rings (SSSR count). The molecule has 1 aromatic heterocycles. The van der Waals surface area contributed by atoms with Gasteiger partial charge in [-0.2, -0.15) is 0 Å². The molecule has 1 aliphatic rings. The van der Waals surface area contributed by atoms with Crippen LogP contribution in [0.25, 0.3) is 0 Å². The van der Waals surface area contributed by atoms with E-state index in [1.165, 1.54) is 17.4 Å². The number of aromatic nitrogens is 1. The maximum atomic E-state index is 12.6. The molecule has 8 nitrogen and oxygen atoms in total. The Morgan fingerprint density at radius 2 is 2.14 bits per heavy atom. The van der Waals surface area contributed by atoms with Gasteiger partial charge in [0.1, 0.15) is 0 Å². The van der Waals surface area contributed by atoms with Crippen molar-refractivity contribution < 1.29 is 22.7 Å². The van der Waals surface area contributed by atoms with Crippen LogP contribution in [0.15, 0.2) is 29.3 Å². The summed E-state index contributed by atoms with van der Waals surface area (Å²) in [7, 11) is -3.79. The summed E-state index contributed by atoms with van der Waals surface area (Å²) in [5.41, 5.74) is 0.475. The number of hydrogen-bond acceptors (Lipinski definition) is 7. The zero-order valence-electron chi connectivity index (χ0n) is 15.2. The van der Waals surface area contributed by atoms with Crippen molar-refractivity contribution in [2.75, 3.05) is 37.6 Å². The van der Waals surface area contributed by atoms with E-state index in [1.54, 1.807) is 30.2 Å². The molecule has 1 saturated heterocycles. The van der Waals surface area contributed by atoms with Crippen LogP contribution < -0.4 is 4.72 Å². The predicted molar refractivity (Wildman–Crippen MR) is 107 cm³/mol. The highest BCUT2D eigenvalue weighted by Crippen LogP contribution is 2.26. The number of hydrogen-bond donors (Lipinski definition) is 1. The number of amides is 1. The normalized spacial score (nSPS) is 14.7. The summed E-state index contributed by atoms with van der Waals surface area (Å²) in [4.78, 5) is 18.5. The molecule has 1 aromatic carbocycles. The zero-order valence-corrected chi connectivity index (χ0v) is 17.6. The highest BCUT2D eigenvalue weighted by molar-refractivity contribution is 7.93. The Hall–Kier alpha value is -1.88. The fraction of sp³-hybridized carbons (Fsp3) is 0.412. The molecule has 28 heavy (non-hydrogen) atoms. The summed E-state index contributed by atoms with van der Waals surface area (Å²) in [6.45, 7) is 3.91. The standard InChI is InChI=1S/C17H20ClN3O5S2/c1-12-14(18)3-2-4-15(12)28(23,24)20-16-19-11-13(27-16)5-8-26-17(22)21-6-9-25-10-7-21/h2-4,11H,5-10H2,1H3,(H,19,20). The molecule has 0 bridgehead atoms. The number of anilines is 1. The molecule has 0 unspecified atom stereocenters. The Bertz CT molecular complexity index is 942. The Labute approximate surface area is 172 Å². The molecule has 0 saturated carbocycles. The van der Waals surface area contributed by atoms with Gasteiger partial charge in [0.25, 0.3) is 10.0 Å². The molecule has 1 N–H and O–H groups in total. The van der Waals surface area contributed by atoms with Crippen molar-refractivity contribution in [3.8, 4) is 0 Å². The molecule has 11 heteroatoms. The van der Waals surface area contributed by atoms with Crippen molar-refractivity contribution >= 4 is 44.2 Å². The van der Waals surface area contributed by atoms with Crippen LogP contribution in [0, 0.1) is 6.92 Å². The molecule has 2 heterocycles. The summed E-state index contributed by atoms with van der Waals surface area (Å²) in [6.07, 6.45) is 1.65. The third-order valence-corrected chi connectivity index (χ3v) is 7.12. The number of halogens is 1. The van der Waals surface area contributed by atoms with Crippen LogP contribution in [0.2, 0.25) is 5.02 Å². The first kappa shape index (κ1) is 20.8. The highest BCUT2D eigenvalue weighted by Gasteiger charge is 2.20. The first-order chi connectivity index (χ1) is 13.4. The van der Waals surface area contributed by atoms with Crippen molar-refractivity contribution in [2.24, 2.45) is 0 Å². The SMILES string of the molecule is Cc1c(Cl)cccc1S(=O)(=O)Nc1ncc(CCOC(=O)N2CCOCC2)s1. The fourth-order valence-electron chi connectivity index (χ4n) is 2.60. The second-order valence-electron chi connectivity index (χ2n) is 6.06. The van der Waals surface area contributed by atoms with Gasteiger partial charge in [0.05, 0.1) is 24.7 Å². The average molecular weight is 446 g/mol. The van der Waals surface area contributed by atoms with E-state index in [0.29, 0.717) is 43.3 Å². The average Bonchev–Trinajstić information content (AvgIpc) is 3.11. The van der Waals surface area contributed by atoms with Gasteiger partial charge < -0.3 is 14.4 Å². The second kappa shape index (κ2) is 9.08. The van der Waals surface area contributed by atoms with Crippen LogP contribution in [0.4, 0.5) is 9.93 Å². The number of thiazole rings is 1. The van der Waals surface area contributed by atoms with Gasteiger partial charge in [-0.3, -0.25) is 4.72 Å². The molecule has 0 spiro atoms. The summed E-state index contributed by atoms with van der Waals surface area (Å²) in [5, 5.41) is 0.624. The number of morpholine rings is 1. The molecular formula is C17H20ClN3O5S2. The number of benzene rings is 1. The lowest BCUT2D eigenvalue weighted by atomic mass is 10.2. The number of carbonyl (C=O) groups is 1. The number of nitrogens with one attached hydrogen (secondary N) is 1. The van der Waals surface area contributed by atoms with Gasteiger partial charge in [-0.05, 0) is 24.6 Å². The number of ether oxygens (including phenoxy) is 2. The summed E-state index contributed by atoms with van der Waals surface area (Å²) < 4.78 is 38.1. The van der Waals surface area contributed by atoms with Crippen molar-refractivity contribution in [3.05, 3.63) is 39.9 Å². The van der Waals surface area contributed by atoms with Crippen LogP contribution in [-0.4, -0.2) is 57.3 Å². The first-order valence-electron chi connectivity index (χ1n) is 8.59. The lowest BCUT2D eigenvalue weighted by molar-refractivity contribution is 0.0275. The van der Waals surface area contributed by atoms with Crippen molar-refractivity contribution in [2.45, 2.75) is 18.2 Å². The smallest absolute Gasteiger partial charge is 0.409 e. The van der Waals surface area contributed by atoms with E-state index >= 15 is 0 Å². The Balaban J connectivity index is 1.55. The van der Waals surface area contributed by atoms with Crippen LogP contribution in [0.5, 0.6) is 0 Å². The Kier molecular flexibility index (Phi) is 6.76. The highest BCUT2D eigenvalue weighted by atomic mass is 35.5. The van der Waals surface area contributed by atoms with Gasteiger partial charge in [0.15, 0.2) is 5.13 Å². The van der Waals surface area contributed by atoms with Gasteiger partial charge in [-0.15, -0.1) is 11.3 Å². The van der Waals surface area contributed by atoms with Crippen LogP contribution >= 0.6 is 22.9 Å². The second-order valence-corrected chi connectivity index (χ2v) is 9.24. The third kappa shape index (κ3) is 5.13.